The summed E-state index contributed by atoms with van der Waals surface area (Å²) in [5.41, 5.74) is 0.926. The van der Waals surface area contributed by atoms with Gasteiger partial charge in [-0.2, -0.15) is 0 Å². The molecule has 1 N–H and O–H groups in total. The maximum absolute atomic E-state index is 12.3. The summed E-state index contributed by atoms with van der Waals surface area (Å²) in [4.78, 5) is 12.4. The lowest BCUT2D eigenvalue weighted by molar-refractivity contribution is 0.0935. The third kappa shape index (κ3) is 3.57. The number of carbonyl (C=O) groups is 1. The molecular weight excluding hydrogens is 302 g/mol. The zero-order valence-corrected chi connectivity index (χ0v) is 13.8. The minimum atomic E-state index is -3.37. The molecule has 0 radical (unpaired) electrons. The molecule has 0 saturated carbocycles. The Bertz CT molecular complexity index is 805. The summed E-state index contributed by atoms with van der Waals surface area (Å²) < 4.78 is 28.9. The maximum Gasteiger partial charge on any atom is 0.251 e. The SMILES string of the molecule is Cc1ccc(C(C)NC(=O)c2ccc(C)c(S(C)(=O)=O)c2)o1. The fourth-order valence-corrected chi connectivity index (χ4v) is 3.17. The number of furan rings is 1. The van der Waals surface area contributed by atoms with E-state index in [1.807, 2.05) is 19.9 Å². The second-order valence-electron chi connectivity index (χ2n) is 5.40. The quantitative estimate of drug-likeness (QED) is 0.939. The van der Waals surface area contributed by atoms with Crippen LogP contribution in [-0.2, 0) is 9.84 Å². The summed E-state index contributed by atoms with van der Waals surface area (Å²) in [7, 11) is -3.37. The first kappa shape index (κ1) is 16.3. The first-order chi connectivity index (χ1) is 10.2. The van der Waals surface area contributed by atoms with E-state index in [4.69, 9.17) is 4.42 Å². The Kier molecular flexibility index (Phi) is 4.42. The van der Waals surface area contributed by atoms with Crippen LogP contribution in [-0.4, -0.2) is 20.6 Å². The normalized spacial score (nSPS) is 12.9. The lowest BCUT2D eigenvalue weighted by Gasteiger charge is -2.13. The molecule has 2 aromatic rings. The molecular formula is C16H19NO4S. The molecule has 0 spiro atoms. The monoisotopic (exact) mass is 321 g/mol. The molecule has 22 heavy (non-hydrogen) atoms. The Morgan fingerprint density at radius 2 is 1.86 bits per heavy atom. The Balaban J connectivity index is 2.23. The largest absolute Gasteiger partial charge is 0.464 e. The van der Waals surface area contributed by atoms with E-state index in [2.05, 4.69) is 5.32 Å². The smallest absolute Gasteiger partial charge is 0.251 e. The van der Waals surface area contributed by atoms with Gasteiger partial charge in [-0.15, -0.1) is 0 Å². The molecule has 6 heteroatoms. The molecule has 2 rings (SSSR count). The highest BCUT2D eigenvalue weighted by Crippen LogP contribution is 2.19. The Morgan fingerprint density at radius 1 is 1.18 bits per heavy atom. The molecule has 5 nitrogen and oxygen atoms in total. The van der Waals surface area contributed by atoms with Crippen LogP contribution in [0.4, 0.5) is 0 Å². The molecule has 1 amide bonds. The highest BCUT2D eigenvalue weighted by molar-refractivity contribution is 7.90. The standard InChI is InChI=1S/C16H19NO4S/c1-10-5-7-13(9-15(10)22(4,19)20)16(18)17-12(3)14-8-6-11(2)21-14/h5-9,12H,1-4H3,(H,17,18). The topological polar surface area (TPSA) is 76.4 Å². The van der Waals surface area contributed by atoms with Crippen molar-refractivity contribution in [3.63, 3.8) is 0 Å². The third-order valence-corrected chi connectivity index (χ3v) is 4.62. The van der Waals surface area contributed by atoms with Crippen molar-refractivity contribution in [2.45, 2.75) is 31.7 Å². The highest BCUT2D eigenvalue weighted by atomic mass is 32.2. The van der Waals surface area contributed by atoms with Crippen molar-refractivity contribution < 1.29 is 17.6 Å². The van der Waals surface area contributed by atoms with Gasteiger partial charge in [-0.05, 0) is 50.6 Å². The van der Waals surface area contributed by atoms with Gasteiger partial charge in [-0.3, -0.25) is 4.79 Å². The zero-order chi connectivity index (χ0) is 16.5. The molecule has 118 valence electrons. The van der Waals surface area contributed by atoms with Crippen molar-refractivity contribution in [2.24, 2.45) is 0 Å². The first-order valence-electron chi connectivity index (χ1n) is 6.86. The average Bonchev–Trinajstić information content (AvgIpc) is 2.84. The van der Waals surface area contributed by atoms with Crippen LogP contribution in [0.1, 0.15) is 40.4 Å². The van der Waals surface area contributed by atoms with Crippen molar-refractivity contribution in [2.75, 3.05) is 6.26 Å². The molecule has 0 bridgehead atoms. The minimum Gasteiger partial charge on any atom is -0.464 e. The summed E-state index contributed by atoms with van der Waals surface area (Å²) in [6.07, 6.45) is 1.13. The van der Waals surface area contributed by atoms with Gasteiger partial charge >= 0.3 is 0 Å². The summed E-state index contributed by atoms with van der Waals surface area (Å²) in [5.74, 6) is 1.08. The van der Waals surface area contributed by atoms with E-state index in [9.17, 15) is 13.2 Å². The molecule has 1 unspecified atom stereocenters. The van der Waals surface area contributed by atoms with Gasteiger partial charge in [0.15, 0.2) is 9.84 Å². The second-order valence-corrected chi connectivity index (χ2v) is 7.38. The number of hydrogen-bond donors (Lipinski definition) is 1. The lowest BCUT2D eigenvalue weighted by atomic mass is 10.1. The predicted molar refractivity (Wildman–Crippen MR) is 83.6 cm³/mol. The van der Waals surface area contributed by atoms with Crippen LogP contribution in [0.3, 0.4) is 0 Å². The van der Waals surface area contributed by atoms with Crippen molar-refractivity contribution in [3.8, 4) is 0 Å². The van der Waals surface area contributed by atoms with Crippen LogP contribution in [0.15, 0.2) is 39.6 Å². The number of benzene rings is 1. The predicted octanol–water partition coefficient (Wildman–Crippen LogP) is 2.79. The number of rotatable bonds is 4. The third-order valence-electron chi connectivity index (χ3n) is 3.39. The maximum atomic E-state index is 12.3. The van der Waals surface area contributed by atoms with E-state index in [0.717, 1.165) is 12.0 Å². The molecule has 0 fully saturated rings. The molecule has 0 saturated heterocycles. The summed E-state index contributed by atoms with van der Waals surface area (Å²) in [6.45, 7) is 5.34. The zero-order valence-electron chi connectivity index (χ0n) is 13.0. The van der Waals surface area contributed by atoms with Gasteiger partial charge in [0, 0.05) is 11.8 Å². The first-order valence-corrected chi connectivity index (χ1v) is 8.75. The van der Waals surface area contributed by atoms with Gasteiger partial charge in [-0.25, -0.2) is 8.42 Å². The average molecular weight is 321 g/mol. The number of carbonyl (C=O) groups excluding carboxylic acids is 1. The minimum absolute atomic E-state index is 0.168. The number of nitrogens with one attached hydrogen (secondary N) is 1. The van der Waals surface area contributed by atoms with E-state index in [0.29, 0.717) is 16.9 Å². The van der Waals surface area contributed by atoms with E-state index in [1.54, 1.807) is 25.1 Å². The van der Waals surface area contributed by atoms with E-state index < -0.39 is 9.84 Å². The molecule has 1 heterocycles. The van der Waals surface area contributed by atoms with Gasteiger partial charge in [0.25, 0.3) is 5.91 Å². The Morgan fingerprint density at radius 3 is 2.41 bits per heavy atom. The van der Waals surface area contributed by atoms with Crippen LogP contribution in [0, 0.1) is 13.8 Å². The van der Waals surface area contributed by atoms with Gasteiger partial charge in [-0.1, -0.05) is 6.07 Å². The van der Waals surface area contributed by atoms with Gasteiger partial charge in [0.05, 0.1) is 10.9 Å². The lowest BCUT2D eigenvalue weighted by Crippen LogP contribution is -2.26. The molecule has 0 aliphatic rings. The van der Waals surface area contributed by atoms with Gasteiger partial charge in [0.2, 0.25) is 0 Å². The van der Waals surface area contributed by atoms with E-state index >= 15 is 0 Å². The molecule has 0 aliphatic heterocycles. The molecule has 1 atom stereocenters. The number of sulfone groups is 1. The van der Waals surface area contributed by atoms with Gasteiger partial charge in [0.1, 0.15) is 11.5 Å². The van der Waals surface area contributed by atoms with Crippen LogP contribution >= 0.6 is 0 Å². The number of aryl methyl sites for hydroxylation is 2. The fourth-order valence-electron chi connectivity index (χ4n) is 2.18. The summed E-state index contributed by atoms with van der Waals surface area (Å²) >= 11 is 0. The van der Waals surface area contributed by atoms with Crippen LogP contribution in [0.5, 0.6) is 0 Å². The van der Waals surface area contributed by atoms with Crippen LogP contribution < -0.4 is 5.32 Å². The van der Waals surface area contributed by atoms with Crippen molar-refractivity contribution in [1.82, 2.24) is 5.32 Å². The molecule has 0 aliphatic carbocycles. The van der Waals surface area contributed by atoms with E-state index in [1.165, 1.54) is 6.07 Å². The summed E-state index contributed by atoms with van der Waals surface area (Å²) in [6, 6.07) is 7.97. The second kappa shape index (κ2) is 5.96. The Hall–Kier alpha value is -2.08. The highest BCUT2D eigenvalue weighted by Gasteiger charge is 2.17. The summed E-state index contributed by atoms with van der Waals surface area (Å²) in [5, 5.41) is 2.80. The van der Waals surface area contributed by atoms with Crippen molar-refractivity contribution >= 4 is 15.7 Å². The molecule has 1 aromatic carbocycles. The molecule has 1 aromatic heterocycles. The van der Waals surface area contributed by atoms with Crippen molar-refractivity contribution in [3.05, 3.63) is 53.0 Å². The van der Waals surface area contributed by atoms with E-state index in [-0.39, 0.29) is 16.8 Å². The number of amides is 1. The van der Waals surface area contributed by atoms with Crippen molar-refractivity contribution in [1.29, 1.82) is 0 Å². The number of hydrogen-bond acceptors (Lipinski definition) is 4. The van der Waals surface area contributed by atoms with Crippen LogP contribution in [0.2, 0.25) is 0 Å². The van der Waals surface area contributed by atoms with Gasteiger partial charge < -0.3 is 9.73 Å². The Labute approximate surface area is 130 Å². The van der Waals surface area contributed by atoms with Crippen LogP contribution in [0.25, 0.3) is 0 Å². The fraction of sp³-hybridized carbons (Fsp3) is 0.312.